The minimum Gasteiger partial charge on any atom is -0.346 e. The maximum Gasteiger partial charge on any atom is 0.236 e. The number of Topliss-reactive ketones (excluding diaryl/α,β-unsaturated/α-hetero) is 1. The first-order valence-electron chi connectivity index (χ1n) is 6.16. The number of ether oxygens (including phenoxy) is 2. The van der Waals surface area contributed by atoms with Crippen LogP contribution in [0.4, 0.5) is 0 Å². The highest BCUT2D eigenvalue weighted by atomic mass is 16.7. The Morgan fingerprint density at radius 2 is 2.35 bits per heavy atom. The van der Waals surface area contributed by atoms with E-state index in [0.717, 1.165) is 0 Å². The Kier molecular flexibility index (Phi) is 2.17. The molecule has 3 heteroatoms. The van der Waals surface area contributed by atoms with Crippen LogP contribution in [0.1, 0.15) is 13.8 Å². The number of rotatable bonds is 2. The first-order valence-corrected chi connectivity index (χ1v) is 6.16. The lowest BCUT2D eigenvalue weighted by molar-refractivity contribution is -0.221. The van der Waals surface area contributed by atoms with Crippen LogP contribution in [-0.4, -0.2) is 25.3 Å². The number of carbonyl (C=O) groups is 1. The Morgan fingerprint density at radius 1 is 1.59 bits per heavy atom. The number of methoxy groups -OCH3 is 1. The van der Waals surface area contributed by atoms with E-state index in [0.29, 0.717) is 12.5 Å². The van der Waals surface area contributed by atoms with Crippen molar-refractivity contribution < 1.29 is 14.3 Å². The van der Waals surface area contributed by atoms with Gasteiger partial charge in [0.1, 0.15) is 0 Å². The molecule has 3 nitrogen and oxygen atoms in total. The van der Waals surface area contributed by atoms with E-state index >= 15 is 0 Å². The number of hydrogen-bond acceptors (Lipinski definition) is 3. The van der Waals surface area contributed by atoms with Crippen LogP contribution in [0.3, 0.4) is 0 Å². The Labute approximate surface area is 101 Å². The average Bonchev–Trinajstić information content (AvgIpc) is 2.68. The molecule has 5 atom stereocenters. The molecule has 0 aromatic heterocycles. The van der Waals surface area contributed by atoms with Crippen LogP contribution in [0.15, 0.2) is 24.3 Å². The van der Waals surface area contributed by atoms with Gasteiger partial charge in [-0.2, -0.15) is 0 Å². The molecular weight excluding hydrogens is 216 g/mol. The summed E-state index contributed by atoms with van der Waals surface area (Å²) in [7, 11) is 1.57. The number of hydrogen-bond donors (Lipinski definition) is 0. The summed E-state index contributed by atoms with van der Waals surface area (Å²) in [5.41, 5.74) is -0.474. The third-order valence-electron chi connectivity index (χ3n) is 4.70. The first kappa shape index (κ1) is 11.2. The van der Waals surface area contributed by atoms with Crippen molar-refractivity contribution in [2.24, 2.45) is 23.2 Å². The molecule has 0 N–H and O–H groups in total. The monoisotopic (exact) mass is 234 g/mol. The molecule has 1 heterocycles. The predicted molar refractivity (Wildman–Crippen MR) is 63.2 cm³/mol. The summed E-state index contributed by atoms with van der Waals surface area (Å²) in [6.07, 6.45) is 8.34. The minimum atomic E-state index is -1.01. The van der Waals surface area contributed by atoms with Gasteiger partial charge in [-0.1, -0.05) is 24.3 Å². The topological polar surface area (TPSA) is 35.5 Å². The van der Waals surface area contributed by atoms with Crippen molar-refractivity contribution >= 4 is 5.78 Å². The molecule has 1 saturated heterocycles. The van der Waals surface area contributed by atoms with E-state index in [9.17, 15) is 4.79 Å². The molecule has 2 fully saturated rings. The molecule has 4 rings (SSSR count). The van der Waals surface area contributed by atoms with E-state index in [1.807, 2.05) is 26.0 Å². The highest BCUT2D eigenvalue weighted by Crippen LogP contribution is 2.60. The molecule has 0 unspecified atom stereocenters. The van der Waals surface area contributed by atoms with Gasteiger partial charge >= 0.3 is 0 Å². The maximum atomic E-state index is 12.7. The van der Waals surface area contributed by atoms with E-state index < -0.39 is 11.2 Å². The standard InChI is InChI=1S/C14H18O3/c1-4-5-10-9-8-17-14(16-3)11(9)6-7-13(10,2)12(14)15/h4-7,9-11H,8H2,1-3H3/b5-4+/t9-,10-,11+,13-,14-/m1/s1. The molecule has 0 radical (unpaired) electrons. The van der Waals surface area contributed by atoms with Gasteiger partial charge in [-0.3, -0.25) is 4.79 Å². The fraction of sp³-hybridized carbons (Fsp3) is 0.643. The SMILES string of the molecule is C/C=C/[C@@H]1[C@H]2CO[C@@]3(OC)C(=O)[C@]1(C)C=C[C@@H]23. The lowest BCUT2D eigenvalue weighted by Crippen LogP contribution is -2.62. The average molecular weight is 234 g/mol. The fourth-order valence-corrected chi connectivity index (χ4v) is 3.81. The quantitative estimate of drug-likeness (QED) is 0.685. The summed E-state index contributed by atoms with van der Waals surface area (Å²) in [6, 6.07) is 0. The molecule has 1 saturated carbocycles. The van der Waals surface area contributed by atoms with Gasteiger partial charge in [0.05, 0.1) is 12.0 Å². The molecule has 4 bridgehead atoms. The zero-order valence-electron chi connectivity index (χ0n) is 10.5. The lowest BCUT2D eigenvalue weighted by Gasteiger charge is -2.51. The minimum absolute atomic E-state index is 0.0722. The number of ketones is 1. The van der Waals surface area contributed by atoms with Gasteiger partial charge < -0.3 is 9.47 Å². The summed E-state index contributed by atoms with van der Waals surface area (Å²) in [5, 5.41) is 0. The Hall–Kier alpha value is -0.930. The highest BCUT2D eigenvalue weighted by Gasteiger charge is 2.69. The Bertz CT molecular complexity index is 425. The molecule has 1 aliphatic heterocycles. The Morgan fingerprint density at radius 3 is 3.00 bits per heavy atom. The third-order valence-corrected chi connectivity index (χ3v) is 4.70. The number of allylic oxidation sites excluding steroid dienone is 3. The van der Waals surface area contributed by atoms with Crippen LogP contribution < -0.4 is 0 Å². The second-order valence-electron chi connectivity index (χ2n) is 5.39. The van der Waals surface area contributed by atoms with Gasteiger partial charge in [-0.05, 0) is 19.8 Å². The summed E-state index contributed by atoms with van der Waals surface area (Å²) in [5.74, 6) is -0.258. The van der Waals surface area contributed by atoms with E-state index in [1.165, 1.54) is 0 Å². The second kappa shape index (κ2) is 3.30. The highest BCUT2D eigenvalue weighted by molar-refractivity contribution is 5.96. The summed E-state index contributed by atoms with van der Waals surface area (Å²) >= 11 is 0. The molecule has 17 heavy (non-hydrogen) atoms. The summed E-state index contributed by atoms with van der Waals surface area (Å²) < 4.78 is 11.2. The van der Waals surface area contributed by atoms with Crippen LogP contribution in [0.25, 0.3) is 0 Å². The van der Waals surface area contributed by atoms with E-state index in [4.69, 9.17) is 9.47 Å². The fourth-order valence-electron chi connectivity index (χ4n) is 3.81. The molecule has 0 aromatic carbocycles. The molecule has 4 aliphatic rings. The van der Waals surface area contributed by atoms with Crippen molar-refractivity contribution in [2.45, 2.75) is 19.6 Å². The van der Waals surface area contributed by atoms with Crippen molar-refractivity contribution in [1.82, 2.24) is 0 Å². The molecule has 0 aromatic rings. The van der Waals surface area contributed by atoms with Crippen molar-refractivity contribution in [1.29, 1.82) is 0 Å². The predicted octanol–water partition coefficient (Wildman–Crippen LogP) is 1.94. The maximum absolute atomic E-state index is 12.7. The molecule has 0 spiro atoms. The zero-order valence-corrected chi connectivity index (χ0v) is 10.5. The third kappa shape index (κ3) is 1.07. The van der Waals surface area contributed by atoms with Gasteiger partial charge in [0.25, 0.3) is 0 Å². The van der Waals surface area contributed by atoms with E-state index in [2.05, 4.69) is 12.2 Å². The molecule has 3 aliphatic carbocycles. The Balaban J connectivity index is 2.16. The molecule has 92 valence electrons. The van der Waals surface area contributed by atoms with E-state index in [-0.39, 0.29) is 17.6 Å². The lowest BCUT2D eigenvalue weighted by atomic mass is 9.53. The summed E-state index contributed by atoms with van der Waals surface area (Å²) in [4.78, 5) is 12.7. The van der Waals surface area contributed by atoms with Crippen LogP contribution >= 0.6 is 0 Å². The summed E-state index contributed by atoms with van der Waals surface area (Å²) in [6.45, 7) is 4.61. The van der Waals surface area contributed by atoms with Gasteiger partial charge in [0, 0.05) is 18.9 Å². The van der Waals surface area contributed by atoms with Crippen LogP contribution in [0.2, 0.25) is 0 Å². The second-order valence-corrected chi connectivity index (χ2v) is 5.39. The first-order chi connectivity index (χ1) is 8.10. The van der Waals surface area contributed by atoms with Crippen LogP contribution in [-0.2, 0) is 14.3 Å². The van der Waals surface area contributed by atoms with Crippen LogP contribution in [0.5, 0.6) is 0 Å². The van der Waals surface area contributed by atoms with Crippen molar-refractivity contribution in [2.75, 3.05) is 13.7 Å². The van der Waals surface area contributed by atoms with Crippen molar-refractivity contribution in [3.8, 4) is 0 Å². The van der Waals surface area contributed by atoms with Crippen molar-refractivity contribution in [3.05, 3.63) is 24.3 Å². The largest absolute Gasteiger partial charge is 0.346 e. The molecular formula is C14H18O3. The number of carbonyl (C=O) groups excluding carboxylic acids is 1. The van der Waals surface area contributed by atoms with Crippen molar-refractivity contribution in [3.63, 3.8) is 0 Å². The van der Waals surface area contributed by atoms with Gasteiger partial charge in [0.15, 0.2) is 0 Å². The zero-order chi connectivity index (χ0) is 12.3. The molecule has 0 amide bonds. The van der Waals surface area contributed by atoms with E-state index in [1.54, 1.807) is 7.11 Å². The van der Waals surface area contributed by atoms with Crippen LogP contribution in [0, 0.1) is 23.2 Å². The smallest absolute Gasteiger partial charge is 0.236 e. The van der Waals surface area contributed by atoms with Gasteiger partial charge in [-0.25, -0.2) is 0 Å². The van der Waals surface area contributed by atoms with Gasteiger partial charge in [0.2, 0.25) is 11.6 Å². The normalized spacial score (nSPS) is 51.7. The van der Waals surface area contributed by atoms with Gasteiger partial charge in [-0.15, -0.1) is 0 Å².